The van der Waals surface area contributed by atoms with Gasteiger partial charge in [-0.15, -0.1) is 0 Å². The minimum atomic E-state index is 0.273. The summed E-state index contributed by atoms with van der Waals surface area (Å²) >= 11 is 0. The molecule has 15 heavy (non-hydrogen) atoms. The van der Waals surface area contributed by atoms with Crippen molar-refractivity contribution >= 4 is 0 Å². The average molecular weight is 203 g/mol. The first-order valence-corrected chi connectivity index (χ1v) is 5.70. The smallest absolute Gasteiger partial charge is 0.0200 e. The predicted octanol–water partition coefficient (Wildman–Crippen LogP) is 1.47. The normalized spacial score (nSPS) is 22.9. The fourth-order valence-electron chi connectivity index (χ4n) is 2.07. The van der Waals surface area contributed by atoms with Crippen LogP contribution in [-0.2, 0) is 6.42 Å². The molecule has 1 fully saturated rings. The van der Waals surface area contributed by atoms with Crippen molar-refractivity contribution in [3.63, 3.8) is 0 Å². The molecular formula is C13H19N2. The van der Waals surface area contributed by atoms with Gasteiger partial charge in [-0.05, 0) is 31.4 Å². The molecule has 0 amide bonds. The fraction of sp³-hybridized carbons (Fsp3) is 0.462. The van der Waals surface area contributed by atoms with Crippen LogP contribution in [0, 0.1) is 6.42 Å². The standard InChI is InChI=1S/C13H19N2/c14-13-7-4-9-15(11-13)10-8-12-5-2-1-3-6-12/h1-3,5-7,13H,4,8-11,14H2. The molecule has 2 nitrogen and oxygen atoms in total. The Balaban J connectivity index is 1.78. The van der Waals surface area contributed by atoms with Gasteiger partial charge in [0, 0.05) is 19.1 Å². The van der Waals surface area contributed by atoms with E-state index in [0.29, 0.717) is 0 Å². The maximum atomic E-state index is 5.90. The van der Waals surface area contributed by atoms with E-state index in [1.165, 1.54) is 12.1 Å². The maximum Gasteiger partial charge on any atom is 0.0200 e. The van der Waals surface area contributed by atoms with Crippen LogP contribution in [0.5, 0.6) is 0 Å². The minimum absolute atomic E-state index is 0.273. The fourth-order valence-corrected chi connectivity index (χ4v) is 2.07. The van der Waals surface area contributed by atoms with Gasteiger partial charge in [0.15, 0.2) is 0 Å². The lowest BCUT2D eigenvalue weighted by Gasteiger charge is -2.30. The lowest BCUT2D eigenvalue weighted by molar-refractivity contribution is 0.241. The first-order valence-electron chi connectivity index (χ1n) is 5.70. The summed E-state index contributed by atoms with van der Waals surface area (Å²) in [5.74, 6) is 0. The highest BCUT2D eigenvalue weighted by molar-refractivity contribution is 5.14. The zero-order valence-electron chi connectivity index (χ0n) is 9.10. The van der Waals surface area contributed by atoms with Crippen LogP contribution in [-0.4, -0.2) is 30.6 Å². The van der Waals surface area contributed by atoms with E-state index in [2.05, 4.69) is 41.7 Å². The number of hydrogen-bond donors (Lipinski definition) is 1. The molecule has 1 unspecified atom stereocenters. The third kappa shape index (κ3) is 3.33. The van der Waals surface area contributed by atoms with E-state index in [4.69, 9.17) is 5.73 Å². The highest BCUT2D eigenvalue weighted by Gasteiger charge is 2.15. The molecule has 1 aliphatic heterocycles. The highest BCUT2D eigenvalue weighted by atomic mass is 15.1. The molecule has 81 valence electrons. The molecule has 0 saturated carbocycles. The monoisotopic (exact) mass is 203 g/mol. The van der Waals surface area contributed by atoms with E-state index in [-0.39, 0.29) is 6.04 Å². The van der Waals surface area contributed by atoms with Gasteiger partial charge in [0.1, 0.15) is 0 Å². The number of benzene rings is 1. The van der Waals surface area contributed by atoms with Crippen molar-refractivity contribution in [3.05, 3.63) is 42.3 Å². The predicted molar refractivity (Wildman–Crippen MR) is 63.5 cm³/mol. The topological polar surface area (TPSA) is 29.3 Å². The Bertz CT molecular complexity index is 284. The van der Waals surface area contributed by atoms with Crippen LogP contribution in [0.25, 0.3) is 0 Å². The van der Waals surface area contributed by atoms with Crippen molar-refractivity contribution in [1.82, 2.24) is 4.90 Å². The second kappa shape index (κ2) is 5.29. The summed E-state index contributed by atoms with van der Waals surface area (Å²) in [6.07, 6.45) is 4.49. The van der Waals surface area contributed by atoms with Crippen molar-refractivity contribution in [2.45, 2.75) is 18.9 Å². The van der Waals surface area contributed by atoms with Crippen LogP contribution in [0.15, 0.2) is 30.3 Å². The Morgan fingerprint density at radius 3 is 2.80 bits per heavy atom. The van der Waals surface area contributed by atoms with Crippen LogP contribution in [0.1, 0.15) is 12.0 Å². The third-order valence-electron chi connectivity index (χ3n) is 2.94. The second-order valence-electron chi connectivity index (χ2n) is 4.22. The molecule has 0 aliphatic carbocycles. The molecular weight excluding hydrogens is 184 g/mol. The van der Waals surface area contributed by atoms with Crippen LogP contribution < -0.4 is 5.73 Å². The van der Waals surface area contributed by atoms with E-state index in [1.54, 1.807) is 0 Å². The SMILES string of the molecule is NC1[CH]CCN(CCc2ccccc2)C1. The summed E-state index contributed by atoms with van der Waals surface area (Å²) in [5, 5.41) is 0. The molecule has 2 rings (SSSR count). The van der Waals surface area contributed by atoms with Gasteiger partial charge < -0.3 is 10.6 Å². The van der Waals surface area contributed by atoms with Crippen molar-refractivity contribution < 1.29 is 0 Å². The average Bonchev–Trinajstić information content (AvgIpc) is 2.28. The molecule has 1 saturated heterocycles. The first kappa shape index (κ1) is 10.7. The highest BCUT2D eigenvalue weighted by Crippen LogP contribution is 2.08. The number of rotatable bonds is 3. The Hall–Kier alpha value is -0.860. The summed E-state index contributed by atoms with van der Waals surface area (Å²) < 4.78 is 0. The number of piperidine rings is 1. The molecule has 1 aromatic rings. The summed E-state index contributed by atoms with van der Waals surface area (Å²) in [7, 11) is 0. The van der Waals surface area contributed by atoms with Crippen molar-refractivity contribution in [2.24, 2.45) is 5.73 Å². The van der Waals surface area contributed by atoms with E-state index in [9.17, 15) is 0 Å². The Labute approximate surface area is 92.1 Å². The van der Waals surface area contributed by atoms with Gasteiger partial charge in [-0.3, -0.25) is 0 Å². The maximum absolute atomic E-state index is 5.90. The summed E-state index contributed by atoms with van der Waals surface area (Å²) in [6, 6.07) is 10.9. The van der Waals surface area contributed by atoms with Crippen LogP contribution in [0.4, 0.5) is 0 Å². The van der Waals surface area contributed by atoms with Gasteiger partial charge in [-0.25, -0.2) is 0 Å². The Morgan fingerprint density at radius 2 is 2.07 bits per heavy atom. The van der Waals surface area contributed by atoms with E-state index in [1.807, 2.05) is 0 Å². The van der Waals surface area contributed by atoms with Gasteiger partial charge in [0.25, 0.3) is 0 Å². The third-order valence-corrected chi connectivity index (χ3v) is 2.94. The zero-order valence-corrected chi connectivity index (χ0v) is 9.10. The molecule has 1 aromatic carbocycles. The Morgan fingerprint density at radius 1 is 1.27 bits per heavy atom. The van der Waals surface area contributed by atoms with E-state index < -0.39 is 0 Å². The van der Waals surface area contributed by atoms with Crippen LogP contribution >= 0.6 is 0 Å². The summed E-state index contributed by atoms with van der Waals surface area (Å²) in [6.45, 7) is 3.32. The molecule has 0 bridgehead atoms. The minimum Gasteiger partial charge on any atom is -0.326 e. The summed E-state index contributed by atoms with van der Waals surface area (Å²) in [5.41, 5.74) is 7.31. The number of nitrogens with two attached hydrogens (primary N) is 1. The van der Waals surface area contributed by atoms with E-state index >= 15 is 0 Å². The molecule has 0 spiro atoms. The number of hydrogen-bond acceptors (Lipinski definition) is 2. The molecule has 1 aliphatic rings. The lowest BCUT2D eigenvalue weighted by Crippen LogP contribution is -2.43. The molecule has 1 heterocycles. The van der Waals surface area contributed by atoms with Gasteiger partial charge in [0.05, 0.1) is 0 Å². The lowest BCUT2D eigenvalue weighted by atomic mass is 10.1. The molecule has 0 aromatic heterocycles. The van der Waals surface area contributed by atoms with Gasteiger partial charge in [-0.2, -0.15) is 0 Å². The van der Waals surface area contributed by atoms with Crippen molar-refractivity contribution in [1.29, 1.82) is 0 Å². The quantitative estimate of drug-likeness (QED) is 0.806. The number of likely N-dealkylation sites (tertiary alicyclic amines) is 1. The second-order valence-corrected chi connectivity index (χ2v) is 4.22. The Kier molecular flexibility index (Phi) is 3.75. The summed E-state index contributed by atoms with van der Waals surface area (Å²) in [4.78, 5) is 2.46. The van der Waals surface area contributed by atoms with E-state index in [0.717, 1.165) is 25.9 Å². The zero-order chi connectivity index (χ0) is 10.5. The van der Waals surface area contributed by atoms with Crippen LogP contribution in [0.3, 0.4) is 0 Å². The van der Waals surface area contributed by atoms with Gasteiger partial charge in [0.2, 0.25) is 0 Å². The van der Waals surface area contributed by atoms with Crippen molar-refractivity contribution in [3.8, 4) is 0 Å². The molecule has 1 radical (unpaired) electrons. The molecule has 2 heteroatoms. The molecule has 1 atom stereocenters. The van der Waals surface area contributed by atoms with Crippen LogP contribution in [0.2, 0.25) is 0 Å². The number of nitrogens with zero attached hydrogens (tertiary/aromatic N) is 1. The van der Waals surface area contributed by atoms with Gasteiger partial charge >= 0.3 is 0 Å². The largest absolute Gasteiger partial charge is 0.326 e. The first-order chi connectivity index (χ1) is 7.34. The van der Waals surface area contributed by atoms with Gasteiger partial charge in [-0.1, -0.05) is 30.3 Å². The molecule has 2 N–H and O–H groups in total. The van der Waals surface area contributed by atoms with Crippen molar-refractivity contribution in [2.75, 3.05) is 19.6 Å².